The molecule has 0 radical (unpaired) electrons. The lowest BCUT2D eigenvalue weighted by Crippen LogP contribution is -2.42. The van der Waals surface area contributed by atoms with Gasteiger partial charge in [0.05, 0.1) is 17.6 Å². The van der Waals surface area contributed by atoms with Crippen molar-refractivity contribution in [1.82, 2.24) is 0 Å². The summed E-state index contributed by atoms with van der Waals surface area (Å²) in [5, 5.41) is 11.3. The molecule has 0 saturated heterocycles. The maximum absolute atomic E-state index is 12.9. The smallest absolute Gasteiger partial charge is 0.465 e. The van der Waals surface area contributed by atoms with Crippen LogP contribution in [0.1, 0.15) is 23.7 Å². The predicted molar refractivity (Wildman–Crippen MR) is 90.0 cm³/mol. The number of nitro groups is 1. The fourth-order valence-corrected chi connectivity index (χ4v) is 2.67. The third-order valence-corrected chi connectivity index (χ3v) is 3.71. The van der Waals surface area contributed by atoms with Crippen LogP contribution in [-0.2, 0) is 9.53 Å². The average molecular weight is 439 g/mol. The normalized spacial score (nSPS) is 11.5. The van der Waals surface area contributed by atoms with Gasteiger partial charge in [-0.15, -0.1) is 0 Å². The first-order valence-corrected chi connectivity index (χ1v) is 7.93. The minimum atomic E-state index is -5.24. The number of carbonyl (C=O) groups excluding carboxylic acids is 2. The zero-order valence-corrected chi connectivity index (χ0v) is 15.3. The van der Waals surface area contributed by atoms with Crippen molar-refractivity contribution in [3.8, 4) is 0 Å². The number of hydrogen-bond acceptors (Lipinski definition) is 5. The molecule has 0 N–H and O–H groups in total. The summed E-state index contributed by atoms with van der Waals surface area (Å²) in [6.45, 7) is 1.19. The molecule has 0 aliphatic rings. The highest BCUT2D eigenvalue weighted by atomic mass is 79.9. The molecule has 26 heavy (non-hydrogen) atoms. The van der Waals surface area contributed by atoms with Gasteiger partial charge in [-0.2, -0.15) is 13.2 Å². The Hall–Kier alpha value is -2.43. The monoisotopic (exact) mass is 438 g/mol. The van der Waals surface area contributed by atoms with E-state index >= 15 is 0 Å². The Balaban J connectivity index is 3.62. The van der Waals surface area contributed by atoms with E-state index in [1.807, 2.05) is 0 Å². The highest BCUT2D eigenvalue weighted by Gasteiger charge is 2.45. The lowest BCUT2D eigenvalue weighted by Gasteiger charge is -2.23. The molecule has 0 spiro atoms. The van der Waals surface area contributed by atoms with E-state index in [-0.39, 0.29) is 14.9 Å². The number of esters is 1. The molecule has 0 fully saturated rings. The molecule has 0 bridgehead atoms. The second-order valence-electron chi connectivity index (χ2n) is 4.87. The van der Waals surface area contributed by atoms with Gasteiger partial charge < -0.3 is 4.74 Å². The molecule has 142 valence electrons. The third-order valence-electron chi connectivity index (χ3n) is 3.11. The quantitative estimate of drug-likeness (QED) is 0.289. The Labute approximate surface area is 154 Å². The molecular formula is C15H14BrF3N2O5. The Kier molecular flexibility index (Phi) is 7.30. The maximum Gasteiger partial charge on any atom is 0.471 e. The van der Waals surface area contributed by atoms with Gasteiger partial charge in [-0.3, -0.25) is 19.8 Å². The van der Waals surface area contributed by atoms with Crippen molar-refractivity contribution in [2.24, 2.45) is 0 Å². The van der Waals surface area contributed by atoms with Crippen LogP contribution in [0.4, 0.5) is 24.5 Å². The van der Waals surface area contributed by atoms with Gasteiger partial charge in [0, 0.05) is 17.1 Å². The van der Waals surface area contributed by atoms with E-state index in [0.717, 1.165) is 19.2 Å². The summed E-state index contributed by atoms with van der Waals surface area (Å²) < 4.78 is 43.1. The predicted octanol–water partition coefficient (Wildman–Crippen LogP) is 4.01. The maximum atomic E-state index is 12.9. The van der Waals surface area contributed by atoms with Crippen molar-refractivity contribution in [2.75, 3.05) is 18.6 Å². The van der Waals surface area contributed by atoms with Crippen molar-refractivity contribution in [3.05, 3.63) is 44.4 Å². The summed E-state index contributed by atoms with van der Waals surface area (Å²) in [6.07, 6.45) is -1.94. The summed E-state index contributed by atoms with van der Waals surface area (Å²) in [5.74, 6) is -3.19. The molecule has 1 rings (SSSR count). The van der Waals surface area contributed by atoms with Crippen LogP contribution in [-0.4, -0.2) is 36.6 Å². The summed E-state index contributed by atoms with van der Waals surface area (Å²) in [7, 11) is 1.05. The lowest BCUT2D eigenvalue weighted by atomic mass is 10.1. The van der Waals surface area contributed by atoms with E-state index in [1.54, 1.807) is 6.92 Å². The van der Waals surface area contributed by atoms with E-state index < -0.39 is 40.9 Å². The molecule has 7 nitrogen and oxygen atoms in total. The first-order valence-electron chi connectivity index (χ1n) is 7.14. The topological polar surface area (TPSA) is 89.8 Å². The Bertz CT molecular complexity index is 750. The number of hydrogen-bond donors (Lipinski definition) is 0. The molecule has 0 aromatic heterocycles. The number of nitro benzene ring substituents is 1. The summed E-state index contributed by atoms with van der Waals surface area (Å²) in [4.78, 5) is 34.0. The van der Waals surface area contributed by atoms with E-state index in [4.69, 9.17) is 0 Å². The number of methoxy groups -OCH3 is 1. The highest BCUT2D eigenvalue weighted by Crippen LogP contribution is 2.39. The molecule has 0 aliphatic heterocycles. The number of alkyl halides is 3. The standard InChI is InChI=1S/C15H14BrF3N2O5/c1-3-4-5-6-20(14(23)15(17,18)19)12-10(16)7-9(13(22)26-2)8-11(12)21(24)25/h4-5,7-8H,3,6H2,1-2H3/b5-4+. The van der Waals surface area contributed by atoms with Gasteiger partial charge in [-0.1, -0.05) is 19.1 Å². The van der Waals surface area contributed by atoms with Gasteiger partial charge in [0.25, 0.3) is 5.69 Å². The van der Waals surface area contributed by atoms with Crippen LogP contribution in [0.15, 0.2) is 28.8 Å². The van der Waals surface area contributed by atoms with E-state index in [1.165, 1.54) is 12.2 Å². The first-order chi connectivity index (χ1) is 12.0. The van der Waals surface area contributed by atoms with Crippen LogP contribution >= 0.6 is 15.9 Å². The minimum absolute atomic E-state index is 0.227. The van der Waals surface area contributed by atoms with Crippen LogP contribution in [0.3, 0.4) is 0 Å². The molecule has 11 heteroatoms. The van der Waals surface area contributed by atoms with Gasteiger partial charge in [0.1, 0.15) is 5.69 Å². The van der Waals surface area contributed by atoms with E-state index in [2.05, 4.69) is 20.7 Å². The molecule has 0 heterocycles. The van der Waals surface area contributed by atoms with Crippen LogP contribution in [0.25, 0.3) is 0 Å². The van der Waals surface area contributed by atoms with Gasteiger partial charge in [0.15, 0.2) is 0 Å². The molecule has 1 aromatic carbocycles. The largest absolute Gasteiger partial charge is 0.471 e. The van der Waals surface area contributed by atoms with Gasteiger partial charge >= 0.3 is 18.1 Å². The number of halogens is 4. The number of benzene rings is 1. The molecular weight excluding hydrogens is 425 g/mol. The van der Waals surface area contributed by atoms with Crippen LogP contribution in [0, 0.1) is 10.1 Å². The van der Waals surface area contributed by atoms with Crippen LogP contribution in [0.2, 0.25) is 0 Å². The fraction of sp³-hybridized carbons (Fsp3) is 0.333. The van der Waals surface area contributed by atoms with Gasteiger partial charge in [-0.05, 0) is 28.4 Å². The number of carbonyl (C=O) groups is 2. The second kappa shape index (κ2) is 8.79. The van der Waals surface area contributed by atoms with Crippen molar-refractivity contribution in [1.29, 1.82) is 0 Å². The van der Waals surface area contributed by atoms with Crippen molar-refractivity contribution in [2.45, 2.75) is 19.5 Å². The lowest BCUT2D eigenvalue weighted by molar-refractivity contribution is -0.384. The Morgan fingerprint density at radius 2 is 1.96 bits per heavy atom. The van der Waals surface area contributed by atoms with Crippen molar-refractivity contribution in [3.63, 3.8) is 0 Å². The van der Waals surface area contributed by atoms with Gasteiger partial charge in [-0.25, -0.2) is 4.79 Å². The number of ether oxygens (including phenoxy) is 1. The molecule has 1 amide bonds. The van der Waals surface area contributed by atoms with Crippen LogP contribution < -0.4 is 4.90 Å². The number of rotatable bonds is 6. The number of anilines is 1. The Morgan fingerprint density at radius 3 is 2.42 bits per heavy atom. The molecule has 0 aliphatic carbocycles. The highest BCUT2D eigenvalue weighted by molar-refractivity contribution is 9.10. The van der Waals surface area contributed by atoms with E-state index in [0.29, 0.717) is 6.42 Å². The van der Waals surface area contributed by atoms with Crippen molar-refractivity contribution >= 4 is 39.2 Å². The van der Waals surface area contributed by atoms with Crippen LogP contribution in [0.5, 0.6) is 0 Å². The number of nitrogens with zero attached hydrogens (tertiary/aromatic N) is 2. The molecule has 0 saturated carbocycles. The Morgan fingerprint density at radius 1 is 1.35 bits per heavy atom. The first kappa shape index (κ1) is 21.6. The number of amides is 1. The average Bonchev–Trinajstić information content (AvgIpc) is 2.56. The SMILES string of the molecule is CC/C=C/CN(C(=O)C(F)(F)F)c1c(Br)cc(C(=O)OC)cc1[N+](=O)[O-]. The second-order valence-corrected chi connectivity index (χ2v) is 5.72. The molecule has 0 unspecified atom stereocenters. The zero-order valence-electron chi connectivity index (χ0n) is 13.7. The summed E-state index contributed by atoms with van der Waals surface area (Å²) in [5.41, 5.74) is -1.70. The molecule has 1 aromatic rings. The minimum Gasteiger partial charge on any atom is -0.465 e. The summed E-state index contributed by atoms with van der Waals surface area (Å²) >= 11 is 2.91. The zero-order chi connectivity index (χ0) is 20.1. The summed E-state index contributed by atoms with van der Waals surface area (Å²) in [6, 6.07) is 1.81. The molecule has 0 atom stereocenters. The third kappa shape index (κ3) is 5.04. The van der Waals surface area contributed by atoms with E-state index in [9.17, 15) is 32.9 Å². The van der Waals surface area contributed by atoms with Crippen molar-refractivity contribution < 1.29 is 32.4 Å². The number of allylic oxidation sites excluding steroid dienone is 1. The fourth-order valence-electron chi connectivity index (χ4n) is 2.00. The van der Waals surface area contributed by atoms with Gasteiger partial charge in [0.2, 0.25) is 0 Å².